The summed E-state index contributed by atoms with van der Waals surface area (Å²) in [5.41, 5.74) is 1.05. The molecule has 14 heavy (non-hydrogen) atoms. The van der Waals surface area contributed by atoms with Crippen molar-refractivity contribution in [3.63, 3.8) is 0 Å². The second kappa shape index (κ2) is 5.30. The molecule has 0 amide bonds. The van der Waals surface area contributed by atoms with Crippen LogP contribution < -0.4 is 0 Å². The van der Waals surface area contributed by atoms with E-state index in [4.69, 9.17) is 0 Å². The Morgan fingerprint density at radius 3 is 2.64 bits per heavy atom. The summed E-state index contributed by atoms with van der Waals surface area (Å²) in [6.45, 7) is 1.86. The molecule has 0 bridgehead atoms. The van der Waals surface area contributed by atoms with Crippen LogP contribution in [0, 0.1) is 5.82 Å². The third-order valence-electron chi connectivity index (χ3n) is 2.04. The average molecular weight is 193 g/mol. The minimum Gasteiger partial charge on any atom is -0.211 e. The van der Waals surface area contributed by atoms with Gasteiger partial charge in [0, 0.05) is 0 Å². The van der Waals surface area contributed by atoms with Gasteiger partial charge < -0.3 is 0 Å². The molecule has 1 rings (SSSR count). The van der Waals surface area contributed by atoms with E-state index in [1.165, 1.54) is 18.2 Å². The summed E-state index contributed by atoms with van der Waals surface area (Å²) in [6, 6.07) is 6.34. The van der Waals surface area contributed by atoms with E-state index in [2.05, 4.69) is 4.99 Å². The van der Waals surface area contributed by atoms with Gasteiger partial charge in [0.15, 0.2) is 0 Å². The Labute approximate surface area is 82.5 Å². The van der Waals surface area contributed by atoms with Crippen LogP contribution in [0.15, 0.2) is 29.3 Å². The molecule has 74 valence electrons. The van der Waals surface area contributed by atoms with E-state index in [1.807, 2.05) is 6.92 Å². The highest BCUT2D eigenvalue weighted by molar-refractivity contribution is 5.33. The van der Waals surface area contributed by atoms with Crippen molar-refractivity contribution in [2.45, 2.75) is 25.8 Å². The number of hydrogen-bond donors (Lipinski definition) is 0. The number of aryl methyl sites for hydroxylation is 1. The quantitative estimate of drug-likeness (QED) is 0.533. The molecule has 0 aromatic heterocycles. The molecule has 1 atom stereocenters. The normalized spacial score (nSPS) is 11.9. The molecular weight excluding hydrogens is 181 g/mol. The average Bonchev–Trinajstić information content (AvgIpc) is 2.17. The summed E-state index contributed by atoms with van der Waals surface area (Å²) in [7, 11) is 0. The maximum Gasteiger partial charge on any atom is 0.235 e. The van der Waals surface area contributed by atoms with Crippen LogP contribution in [0.2, 0.25) is 0 Å². The van der Waals surface area contributed by atoms with Crippen molar-refractivity contribution in [2.75, 3.05) is 0 Å². The summed E-state index contributed by atoms with van der Waals surface area (Å²) in [4.78, 5) is 13.5. The minimum atomic E-state index is -0.229. The third-order valence-corrected chi connectivity index (χ3v) is 2.04. The second-order valence-corrected chi connectivity index (χ2v) is 3.23. The van der Waals surface area contributed by atoms with Gasteiger partial charge in [0.1, 0.15) is 5.82 Å². The fraction of sp³-hybridized carbons (Fsp3) is 0.364. The fourth-order valence-electron chi connectivity index (χ4n) is 1.18. The van der Waals surface area contributed by atoms with Gasteiger partial charge >= 0.3 is 0 Å². The topological polar surface area (TPSA) is 29.4 Å². The van der Waals surface area contributed by atoms with E-state index in [-0.39, 0.29) is 11.9 Å². The number of benzene rings is 1. The van der Waals surface area contributed by atoms with Crippen molar-refractivity contribution in [1.82, 2.24) is 0 Å². The van der Waals surface area contributed by atoms with E-state index in [1.54, 1.807) is 12.1 Å². The lowest BCUT2D eigenvalue weighted by Gasteiger charge is -2.03. The van der Waals surface area contributed by atoms with E-state index in [9.17, 15) is 9.18 Å². The highest BCUT2D eigenvalue weighted by Crippen LogP contribution is 2.08. The van der Waals surface area contributed by atoms with E-state index >= 15 is 0 Å². The molecule has 0 fully saturated rings. The Bertz CT molecular complexity index is 328. The predicted octanol–water partition coefficient (Wildman–Crippen LogP) is 2.48. The lowest BCUT2D eigenvalue weighted by Crippen LogP contribution is -1.99. The van der Waals surface area contributed by atoms with Gasteiger partial charge in [-0.25, -0.2) is 14.2 Å². The van der Waals surface area contributed by atoms with Crippen LogP contribution in [-0.2, 0) is 11.2 Å². The first-order valence-electron chi connectivity index (χ1n) is 4.54. The summed E-state index contributed by atoms with van der Waals surface area (Å²) in [6.07, 6.45) is 3.10. The molecule has 0 radical (unpaired) electrons. The Kier molecular flexibility index (Phi) is 4.02. The fourth-order valence-corrected chi connectivity index (χ4v) is 1.18. The Morgan fingerprint density at radius 2 is 2.07 bits per heavy atom. The lowest BCUT2D eigenvalue weighted by atomic mass is 10.1. The van der Waals surface area contributed by atoms with Gasteiger partial charge in [-0.1, -0.05) is 12.1 Å². The van der Waals surface area contributed by atoms with Crippen LogP contribution in [0.1, 0.15) is 18.9 Å². The maximum atomic E-state index is 12.5. The van der Waals surface area contributed by atoms with Gasteiger partial charge in [-0.15, -0.1) is 0 Å². The molecule has 1 aromatic rings. The number of hydrogen-bond acceptors (Lipinski definition) is 2. The SMILES string of the molecule is CC(CCc1ccc(F)cc1)N=C=O. The minimum absolute atomic E-state index is 0.0162. The van der Waals surface area contributed by atoms with Crippen molar-refractivity contribution in [3.05, 3.63) is 35.6 Å². The van der Waals surface area contributed by atoms with E-state index < -0.39 is 0 Å². The van der Waals surface area contributed by atoms with Crippen LogP contribution in [0.25, 0.3) is 0 Å². The molecule has 1 aromatic carbocycles. The maximum absolute atomic E-state index is 12.5. The van der Waals surface area contributed by atoms with Crippen LogP contribution in [0.5, 0.6) is 0 Å². The van der Waals surface area contributed by atoms with Gasteiger partial charge in [0.05, 0.1) is 6.04 Å². The van der Waals surface area contributed by atoms with E-state index in [0.717, 1.165) is 18.4 Å². The third kappa shape index (κ3) is 3.50. The zero-order valence-electron chi connectivity index (χ0n) is 8.03. The predicted molar refractivity (Wildman–Crippen MR) is 52.3 cm³/mol. The molecule has 0 saturated carbocycles. The van der Waals surface area contributed by atoms with Gasteiger partial charge in [-0.05, 0) is 37.5 Å². The van der Waals surface area contributed by atoms with Gasteiger partial charge in [-0.2, -0.15) is 0 Å². The van der Waals surface area contributed by atoms with Crippen LogP contribution in [0.3, 0.4) is 0 Å². The highest BCUT2D eigenvalue weighted by Gasteiger charge is 2.00. The zero-order chi connectivity index (χ0) is 10.4. The van der Waals surface area contributed by atoms with Gasteiger partial charge in [0.25, 0.3) is 0 Å². The molecule has 0 spiro atoms. The van der Waals surface area contributed by atoms with Gasteiger partial charge in [-0.3, -0.25) is 0 Å². The summed E-state index contributed by atoms with van der Waals surface area (Å²) < 4.78 is 12.5. The molecule has 3 heteroatoms. The van der Waals surface area contributed by atoms with Gasteiger partial charge in [0.2, 0.25) is 6.08 Å². The lowest BCUT2D eigenvalue weighted by molar-refractivity contribution is 0.555. The van der Waals surface area contributed by atoms with Crippen molar-refractivity contribution in [1.29, 1.82) is 0 Å². The molecular formula is C11H12FNO. The Hall–Kier alpha value is -1.47. The second-order valence-electron chi connectivity index (χ2n) is 3.23. The molecule has 0 saturated heterocycles. The zero-order valence-corrected chi connectivity index (χ0v) is 8.03. The molecule has 0 aliphatic carbocycles. The summed E-state index contributed by atoms with van der Waals surface area (Å²) in [5, 5.41) is 0. The molecule has 0 heterocycles. The molecule has 1 unspecified atom stereocenters. The molecule has 0 aliphatic rings. The number of aliphatic imine (C=N–C) groups is 1. The largest absolute Gasteiger partial charge is 0.235 e. The first kappa shape index (κ1) is 10.6. The highest BCUT2D eigenvalue weighted by atomic mass is 19.1. The van der Waals surface area contributed by atoms with Crippen molar-refractivity contribution >= 4 is 6.08 Å². The van der Waals surface area contributed by atoms with Crippen LogP contribution >= 0.6 is 0 Å². The molecule has 0 N–H and O–H groups in total. The summed E-state index contributed by atoms with van der Waals surface area (Å²) >= 11 is 0. The van der Waals surface area contributed by atoms with Crippen LogP contribution in [0.4, 0.5) is 4.39 Å². The Morgan fingerprint density at radius 1 is 1.43 bits per heavy atom. The first-order valence-corrected chi connectivity index (χ1v) is 4.54. The molecule has 2 nitrogen and oxygen atoms in total. The molecule has 0 aliphatic heterocycles. The number of rotatable bonds is 4. The first-order chi connectivity index (χ1) is 6.72. The van der Waals surface area contributed by atoms with Crippen molar-refractivity contribution < 1.29 is 9.18 Å². The Balaban J connectivity index is 2.45. The monoisotopic (exact) mass is 193 g/mol. The number of carbonyl (C=O) groups excluding carboxylic acids is 1. The van der Waals surface area contributed by atoms with Crippen molar-refractivity contribution in [3.8, 4) is 0 Å². The van der Waals surface area contributed by atoms with E-state index in [0.29, 0.717) is 0 Å². The smallest absolute Gasteiger partial charge is 0.211 e. The standard InChI is InChI=1S/C11H12FNO/c1-9(13-8-14)2-3-10-4-6-11(12)7-5-10/h4-7,9H,2-3H2,1H3. The number of isocyanates is 1. The summed E-state index contributed by atoms with van der Waals surface area (Å²) in [5.74, 6) is -0.229. The van der Waals surface area contributed by atoms with Crippen LogP contribution in [-0.4, -0.2) is 12.1 Å². The van der Waals surface area contributed by atoms with Crippen molar-refractivity contribution in [2.24, 2.45) is 4.99 Å². The number of nitrogens with zero attached hydrogens (tertiary/aromatic N) is 1. The number of halogens is 1.